The number of carbonyl (C=O) groups is 2. The SMILES string of the molecule is COC(=O)c1cc(-c2ccccc2)sc1NC(=O)c1ccc(C(C)(C)C)cc1. The van der Waals surface area contributed by atoms with Crippen LogP contribution in [0, 0.1) is 0 Å². The third-order valence-corrected chi connectivity index (χ3v) is 5.54. The van der Waals surface area contributed by atoms with Crippen molar-refractivity contribution in [3.63, 3.8) is 0 Å². The largest absolute Gasteiger partial charge is 0.465 e. The standard InChI is InChI=1S/C23H23NO3S/c1-23(2,3)17-12-10-16(11-13-17)20(25)24-21-18(22(26)27-4)14-19(28-21)15-8-6-5-7-9-15/h5-14H,1-4H3,(H,24,25). The number of carbonyl (C=O) groups excluding carboxylic acids is 2. The summed E-state index contributed by atoms with van der Waals surface area (Å²) < 4.78 is 4.88. The van der Waals surface area contributed by atoms with E-state index in [1.165, 1.54) is 18.4 Å². The molecule has 0 saturated heterocycles. The van der Waals surface area contributed by atoms with Crippen molar-refractivity contribution >= 4 is 28.2 Å². The number of esters is 1. The van der Waals surface area contributed by atoms with E-state index < -0.39 is 5.97 Å². The summed E-state index contributed by atoms with van der Waals surface area (Å²) in [5.74, 6) is -0.733. The normalized spacial score (nSPS) is 11.1. The molecular weight excluding hydrogens is 370 g/mol. The zero-order valence-electron chi connectivity index (χ0n) is 16.4. The minimum absolute atomic E-state index is 0.0192. The Labute approximate surface area is 169 Å². The molecule has 3 aromatic rings. The number of hydrogen-bond acceptors (Lipinski definition) is 4. The van der Waals surface area contributed by atoms with Crippen LogP contribution in [0.1, 0.15) is 47.1 Å². The first-order valence-electron chi connectivity index (χ1n) is 8.99. The molecule has 4 nitrogen and oxygen atoms in total. The van der Waals surface area contributed by atoms with Crippen LogP contribution in [0.5, 0.6) is 0 Å². The van der Waals surface area contributed by atoms with Crippen molar-refractivity contribution in [3.05, 3.63) is 77.4 Å². The molecule has 0 aliphatic rings. The number of thiophene rings is 1. The summed E-state index contributed by atoms with van der Waals surface area (Å²) in [7, 11) is 1.33. The second-order valence-electron chi connectivity index (χ2n) is 7.49. The highest BCUT2D eigenvalue weighted by molar-refractivity contribution is 7.20. The van der Waals surface area contributed by atoms with Crippen LogP contribution in [0.4, 0.5) is 5.00 Å². The summed E-state index contributed by atoms with van der Waals surface area (Å²) >= 11 is 1.35. The van der Waals surface area contributed by atoms with E-state index >= 15 is 0 Å². The fraction of sp³-hybridized carbons (Fsp3) is 0.217. The first-order valence-corrected chi connectivity index (χ1v) is 9.80. The van der Waals surface area contributed by atoms with E-state index in [0.29, 0.717) is 16.1 Å². The molecule has 1 heterocycles. The van der Waals surface area contributed by atoms with Gasteiger partial charge in [0.05, 0.1) is 12.7 Å². The molecule has 0 fully saturated rings. The Kier molecular flexibility index (Phi) is 5.66. The molecule has 5 heteroatoms. The van der Waals surface area contributed by atoms with E-state index in [0.717, 1.165) is 16.0 Å². The summed E-state index contributed by atoms with van der Waals surface area (Å²) in [6.45, 7) is 6.38. The Bertz CT molecular complexity index is 983. The summed E-state index contributed by atoms with van der Waals surface area (Å²) in [5.41, 5.74) is 3.05. The molecule has 1 N–H and O–H groups in total. The molecule has 0 aliphatic carbocycles. The highest BCUT2D eigenvalue weighted by Crippen LogP contribution is 2.36. The highest BCUT2D eigenvalue weighted by Gasteiger charge is 2.20. The molecule has 0 atom stereocenters. The molecule has 0 unspecified atom stereocenters. The number of rotatable bonds is 4. The smallest absolute Gasteiger partial charge is 0.340 e. The Morgan fingerprint density at radius 1 is 0.964 bits per heavy atom. The van der Waals surface area contributed by atoms with Crippen molar-refractivity contribution in [2.45, 2.75) is 26.2 Å². The third-order valence-electron chi connectivity index (χ3n) is 4.44. The van der Waals surface area contributed by atoms with Crippen molar-refractivity contribution in [2.24, 2.45) is 0 Å². The molecule has 0 bridgehead atoms. The van der Waals surface area contributed by atoms with Crippen molar-refractivity contribution in [1.29, 1.82) is 0 Å². The van der Waals surface area contributed by atoms with Crippen LogP contribution < -0.4 is 5.32 Å². The van der Waals surface area contributed by atoms with Crippen LogP contribution in [0.3, 0.4) is 0 Å². The van der Waals surface area contributed by atoms with Gasteiger partial charge in [0.2, 0.25) is 0 Å². The van der Waals surface area contributed by atoms with Crippen LogP contribution in [0.2, 0.25) is 0 Å². The number of methoxy groups -OCH3 is 1. The third kappa shape index (κ3) is 4.31. The predicted molar refractivity (Wildman–Crippen MR) is 114 cm³/mol. The maximum absolute atomic E-state index is 12.7. The first-order chi connectivity index (χ1) is 13.3. The van der Waals surface area contributed by atoms with Gasteiger partial charge < -0.3 is 10.1 Å². The zero-order valence-corrected chi connectivity index (χ0v) is 17.2. The van der Waals surface area contributed by atoms with E-state index in [1.807, 2.05) is 42.5 Å². The molecule has 2 aromatic carbocycles. The lowest BCUT2D eigenvalue weighted by atomic mass is 9.87. The zero-order chi connectivity index (χ0) is 20.3. The maximum Gasteiger partial charge on any atom is 0.340 e. The van der Waals surface area contributed by atoms with E-state index in [4.69, 9.17) is 4.74 Å². The fourth-order valence-electron chi connectivity index (χ4n) is 2.79. The summed E-state index contributed by atoms with van der Waals surface area (Å²) in [4.78, 5) is 25.8. The molecule has 1 amide bonds. The first kappa shape index (κ1) is 19.8. The molecule has 0 saturated carbocycles. The number of benzene rings is 2. The number of hydrogen-bond donors (Lipinski definition) is 1. The lowest BCUT2D eigenvalue weighted by molar-refractivity contribution is 0.0602. The molecule has 144 valence electrons. The Balaban J connectivity index is 1.89. The quantitative estimate of drug-likeness (QED) is 0.574. The topological polar surface area (TPSA) is 55.4 Å². The molecule has 0 spiro atoms. The summed E-state index contributed by atoms with van der Waals surface area (Å²) in [5, 5.41) is 3.35. The van der Waals surface area contributed by atoms with Crippen molar-refractivity contribution < 1.29 is 14.3 Å². The van der Waals surface area contributed by atoms with Gasteiger partial charge in [-0.3, -0.25) is 4.79 Å². The minimum Gasteiger partial charge on any atom is -0.465 e. The Morgan fingerprint density at radius 2 is 1.61 bits per heavy atom. The van der Waals surface area contributed by atoms with E-state index in [-0.39, 0.29) is 11.3 Å². The van der Waals surface area contributed by atoms with Gasteiger partial charge in [-0.05, 0) is 34.7 Å². The summed E-state index contributed by atoms with van der Waals surface area (Å²) in [6.07, 6.45) is 0. The van der Waals surface area contributed by atoms with E-state index in [2.05, 4.69) is 26.1 Å². The molecule has 0 aliphatic heterocycles. The van der Waals surface area contributed by atoms with Gasteiger partial charge in [-0.1, -0.05) is 63.2 Å². The van der Waals surface area contributed by atoms with Crippen LogP contribution in [0.15, 0.2) is 60.7 Å². The van der Waals surface area contributed by atoms with Crippen LogP contribution in [-0.4, -0.2) is 19.0 Å². The summed E-state index contributed by atoms with van der Waals surface area (Å²) in [6, 6.07) is 19.0. The van der Waals surface area contributed by atoms with Gasteiger partial charge in [0.1, 0.15) is 5.00 Å². The fourth-order valence-corrected chi connectivity index (χ4v) is 3.83. The van der Waals surface area contributed by atoms with Gasteiger partial charge in [0.25, 0.3) is 5.91 Å². The lowest BCUT2D eigenvalue weighted by Gasteiger charge is -2.19. The number of anilines is 1. The van der Waals surface area contributed by atoms with Gasteiger partial charge in [0, 0.05) is 10.4 Å². The van der Waals surface area contributed by atoms with Crippen LogP contribution >= 0.6 is 11.3 Å². The van der Waals surface area contributed by atoms with Gasteiger partial charge in [-0.25, -0.2) is 4.79 Å². The molecular formula is C23H23NO3S. The van der Waals surface area contributed by atoms with Crippen LogP contribution in [-0.2, 0) is 10.2 Å². The van der Waals surface area contributed by atoms with Crippen molar-refractivity contribution in [2.75, 3.05) is 12.4 Å². The number of amides is 1. The van der Waals surface area contributed by atoms with Gasteiger partial charge >= 0.3 is 5.97 Å². The number of nitrogens with one attached hydrogen (secondary N) is 1. The Morgan fingerprint density at radius 3 is 2.18 bits per heavy atom. The second-order valence-corrected chi connectivity index (χ2v) is 8.54. The highest BCUT2D eigenvalue weighted by atomic mass is 32.1. The minimum atomic E-state index is -0.475. The molecule has 3 rings (SSSR count). The van der Waals surface area contributed by atoms with Crippen molar-refractivity contribution in [3.8, 4) is 10.4 Å². The van der Waals surface area contributed by atoms with E-state index in [1.54, 1.807) is 18.2 Å². The monoisotopic (exact) mass is 393 g/mol. The van der Waals surface area contributed by atoms with Crippen LogP contribution in [0.25, 0.3) is 10.4 Å². The molecule has 0 radical (unpaired) electrons. The van der Waals surface area contributed by atoms with Gasteiger partial charge in [-0.15, -0.1) is 11.3 Å². The average molecular weight is 394 g/mol. The predicted octanol–water partition coefficient (Wildman–Crippen LogP) is 5.75. The second kappa shape index (κ2) is 7.98. The van der Waals surface area contributed by atoms with Gasteiger partial charge in [0.15, 0.2) is 0 Å². The van der Waals surface area contributed by atoms with E-state index in [9.17, 15) is 9.59 Å². The van der Waals surface area contributed by atoms with Gasteiger partial charge in [-0.2, -0.15) is 0 Å². The maximum atomic E-state index is 12.7. The Hall–Kier alpha value is -2.92. The molecule has 28 heavy (non-hydrogen) atoms. The molecule has 1 aromatic heterocycles. The number of ether oxygens (including phenoxy) is 1. The lowest BCUT2D eigenvalue weighted by Crippen LogP contribution is -2.15. The van der Waals surface area contributed by atoms with Crippen molar-refractivity contribution in [1.82, 2.24) is 0 Å². The average Bonchev–Trinajstić information content (AvgIpc) is 3.11.